The van der Waals surface area contributed by atoms with E-state index in [1.54, 1.807) is 6.07 Å². The number of aryl methyl sites for hydroxylation is 1. The highest BCUT2D eigenvalue weighted by Crippen LogP contribution is 2.23. The largest absolute Gasteiger partial charge is 0.505 e. The maximum atomic E-state index is 13.3. The molecule has 0 aromatic heterocycles. The lowest BCUT2D eigenvalue weighted by molar-refractivity contribution is 0.431. The van der Waals surface area contributed by atoms with Crippen molar-refractivity contribution in [2.75, 3.05) is 11.4 Å². The van der Waals surface area contributed by atoms with Crippen LogP contribution in [0.15, 0.2) is 42.5 Å². The van der Waals surface area contributed by atoms with E-state index < -0.39 is 5.82 Å². The average molecular weight is 259 g/mol. The van der Waals surface area contributed by atoms with Gasteiger partial charge in [0.15, 0.2) is 11.6 Å². The van der Waals surface area contributed by atoms with Crippen LogP contribution in [0.1, 0.15) is 18.1 Å². The summed E-state index contributed by atoms with van der Waals surface area (Å²) in [6, 6.07) is 12.7. The van der Waals surface area contributed by atoms with Crippen LogP contribution in [0.5, 0.6) is 5.75 Å². The van der Waals surface area contributed by atoms with Crippen molar-refractivity contribution in [2.24, 2.45) is 0 Å². The number of benzene rings is 2. The van der Waals surface area contributed by atoms with E-state index in [1.807, 2.05) is 12.1 Å². The van der Waals surface area contributed by atoms with Crippen LogP contribution in [-0.4, -0.2) is 11.7 Å². The molecule has 0 atom stereocenters. The van der Waals surface area contributed by atoms with Gasteiger partial charge in [-0.25, -0.2) is 4.39 Å². The van der Waals surface area contributed by atoms with E-state index in [0.29, 0.717) is 6.54 Å². The lowest BCUT2D eigenvalue weighted by Crippen LogP contribution is -2.22. The zero-order chi connectivity index (χ0) is 13.8. The smallest absolute Gasteiger partial charge is 0.165 e. The van der Waals surface area contributed by atoms with Crippen molar-refractivity contribution in [3.63, 3.8) is 0 Å². The Morgan fingerprint density at radius 3 is 2.53 bits per heavy atom. The molecule has 0 bridgehead atoms. The average Bonchev–Trinajstić information content (AvgIpc) is 2.41. The standard InChI is InChI=1S/C16H18FNO/c1-3-18(15-7-5-4-6-12(15)2)11-13-8-9-16(19)14(17)10-13/h4-10,19H,3,11H2,1-2H3. The minimum absolute atomic E-state index is 0.303. The Morgan fingerprint density at radius 1 is 1.16 bits per heavy atom. The highest BCUT2D eigenvalue weighted by molar-refractivity contribution is 5.53. The van der Waals surface area contributed by atoms with E-state index in [4.69, 9.17) is 0 Å². The molecule has 1 N–H and O–H groups in total. The second kappa shape index (κ2) is 5.74. The molecule has 0 heterocycles. The number of hydrogen-bond donors (Lipinski definition) is 1. The zero-order valence-electron chi connectivity index (χ0n) is 11.2. The van der Waals surface area contributed by atoms with Gasteiger partial charge in [0, 0.05) is 18.8 Å². The Morgan fingerprint density at radius 2 is 1.89 bits per heavy atom. The molecule has 0 radical (unpaired) electrons. The summed E-state index contributed by atoms with van der Waals surface area (Å²) in [6.45, 7) is 5.60. The molecule has 3 heteroatoms. The van der Waals surface area contributed by atoms with Gasteiger partial charge in [-0.05, 0) is 43.2 Å². The van der Waals surface area contributed by atoms with E-state index in [2.05, 4.69) is 30.9 Å². The summed E-state index contributed by atoms with van der Waals surface area (Å²) in [6.07, 6.45) is 0. The number of phenols is 1. The lowest BCUT2D eigenvalue weighted by Gasteiger charge is -2.25. The maximum Gasteiger partial charge on any atom is 0.165 e. The molecular formula is C16H18FNO. The van der Waals surface area contributed by atoms with Gasteiger partial charge in [0.25, 0.3) is 0 Å². The Labute approximate surface area is 113 Å². The Kier molecular flexibility index (Phi) is 4.05. The second-order valence-corrected chi connectivity index (χ2v) is 4.59. The first kappa shape index (κ1) is 13.4. The molecule has 19 heavy (non-hydrogen) atoms. The number of anilines is 1. The summed E-state index contributed by atoms with van der Waals surface area (Å²) in [7, 11) is 0. The van der Waals surface area contributed by atoms with Gasteiger partial charge < -0.3 is 10.0 Å². The maximum absolute atomic E-state index is 13.3. The number of aromatic hydroxyl groups is 1. The normalized spacial score (nSPS) is 10.5. The summed E-state index contributed by atoms with van der Waals surface area (Å²) >= 11 is 0. The third-order valence-electron chi connectivity index (χ3n) is 3.22. The summed E-state index contributed by atoms with van der Waals surface area (Å²) in [5.74, 6) is -0.874. The first-order valence-electron chi connectivity index (χ1n) is 6.39. The van der Waals surface area contributed by atoms with Crippen molar-refractivity contribution in [2.45, 2.75) is 20.4 Å². The minimum atomic E-state index is -0.571. The number of rotatable bonds is 4. The third-order valence-corrected chi connectivity index (χ3v) is 3.22. The molecular weight excluding hydrogens is 241 g/mol. The molecule has 100 valence electrons. The van der Waals surface area contributed by atoms with Gasteiger partial charge in [-0.1, -0.05) is 24.3 Å². The predicted octanol–water partition coefficient (Wildman–Crippen LogP) is 3.87. The van der Waals surface area contributed by atoms with Crippen LogP contribution in [0.3, 0.4) is 0 Å². The fraction of sp³-hybridized carbons (Fsp3) is 0.250. The number of hydrogen-bond acceptors (Lipinski definition) is 2. The van der Waals surface area contributed by atoms with Crippen LogP contribution in [-0.2, 0) is 6.54 Å². The fourth-order valence-corrected chi connectivity index (χ4v) is 2.15. The molecule has 0 aliphatic heterocycles. The number of phenolic OH excluding ortho intramolecular Hbond substituents is 1. The van der Waals surface area contributed by atoms with Crippen LogP contribution >= 0.6 is 0 Å². The Bertz CT molecular complexity index is 568. The minimum Gasteiger partial charge on any atom is -0.505 e. The molecule has 0 aliphatic rings. The summed E-state index contributed by atoms with van der Waals surface area (Å²) < 4.78 is 13.3. The molecule has 2 rings (SSSR count). The van der Waals surface area contributed by atoms with E-state index in [1.165, 1.54) is 17.7 Å². The molecule has 2 aromatic carbocycles. The zero-order valence-corrected chi connectivity index (χ0v) is 11.2. The Balaban J connectivity index is 2.24. The molecule has 0 aliphatic carbocycles. The van der Waals surface area contributed by atoms with E-state index in [0.717, 1.165) is 17.8 Å². The third kappa shape index (κ3) is 3.05. The topological polar surface area (TPSA) is 23.5 Å². The van der Waals surface area contributed by atoms with Gasteiger partial charge in [-0.2, -0.15) is 0 Å². The molecule has 0 fully saturated rings. The molecule has 0 saturated carbocycles. The summed E-state index contributed by atoms with van der Waals surface area (Å²) in [5, 5.41) is 9.21. The van der Waals surface area contributed by atoms with Crippen LogP contribution in [0.4, 0.5) is 10.1 Å². The highest BCUT2D eigenvalue weighted by atomic mass is 19.1. The first-order valence-corrected chi connectivity index (χ1v) is 6.39. The Hall–Kier alpha value is -2.03. The quantitative estimate of drug-likeness (QED) is 0.901. The van der Waals surface area contributed by atoms with Gasteiger partial charge in [0.2, 0.25) is 0 Å². The van der Waals surface area contributed by atoms with Gasteiger partial charge in [0.05, 0.1) is 0 Å². The van der Waals surface area contributed by atoms with Gasteiger partial charge in [-0.15, -0.1) is 0 Å². The molecule has 0 saturated heterocycles. The van der Waals surface area contributed by atoms with E-state index >= 15 is 0 Å². The number of halogens is 1. The van der Waals surface area contributed by atoms with Crippen molar-refractivity contribution in [1.82, 2.24) is 0 Å². The van der Waals surface area contributed by atoms with Crippen LogP contribution in [0, 0.1) is 12.7 Å². The monoisotopic (exact) mass is 259 g/mol. The van der Waals surface area contributed by atoms with Crippen LogP contribution in [0.25, 0.3) is 0 Å². The number of nitrogens with zero attached hydrogens (tertiary/aromatic N) is 1. The first-order chi connectivity index (χ1) is 9.11. The van der Waals surface area contributed by atoms with Crippen molar-refractivity contribution < 1.29 is 9.50 Å². The van der Waals surface area contributed by atoms with Crippen molar-refractivity contribution in [1.29, 1.82) is 0 Å². The summed E-state index contributed by atoms with van der Waals surface area (Å²) in [5.41, 5.74) is 3.20. The molecule has 2 aromatic rings. The van der Waals surface area contributed by atoms with Gasteiger partial charge in [0.1, 0.15) is 0 Å². The molecule has 0 spiro atoms. The molecule has 2 nitrogen and oxygen atoms in total. The van der Waals surface area contributed by atoms with Crippen molar-refractivity contribution in [3.05, 3.63) is 59.4 Å². The van der Waals surface area contributed by atoms with Crippen molar-refractivity contribution in [3.8, 4) is 5.75 Å². The van der Waals surface area contributed by atoms with Crippen LogP contribution in [0.2, 0.25) is 0 Å². The van der Waals surface area contributed by atoms with Crippen molar-refractivity contribution >= 4 is 5.69 Å². The van der Waals surface area contributed by atoms with Gasteiger partial charge in [-0.3, -0.25) is 0 Å². The molecule has 0 amide bonds. The number of para-hydroxylation sites is 1. The van der Waals surface area contributed by atoms with Gasteiger partial charge >= 0.3 is 0 Å². The predicted molar refractivity (Wildman–Crippen MR) is 76.0 cm³/mol. The molecule has 0 unspecified atom stereocenters. The van der Waals surface area contributed by atoms with Crippen LogP contribution < -0.4 is 4.90 Å². The van der Waals surface area contributed by atoms with E-state index in [9.17, 15) is 9.50 Å². The second-order valence-electron chi connectivity index (χ2n) is 4.59. The summed E-state index contributed by atoms with van der Waals surface area (Å²) in [4.78, 5) is 2.18. The fourth-order valence-electron chi connectivity index (χ4n) is 2.15. The van der Waals surface area contributed by atoms with E-state index in [-0.39, 0.29) is 5.75 Å². The SMILES string of the molecule is CCN(Cc1ccc(O)c(F)c1)c1ccccc1C. The highest BCUT2D eigenvalue weighted by Gasteiger charge is 2.09. The lowest BCUT2D eigenvalue weighted by atomic mass is 10.1.